The van der Waals surface area contributed by atoms with E-state index in [1.807, 2.05) is 36.5 Å². The molecule has 0 saturated carbocycles. The van der Waals surface area contributed by atoms with E-state index in [1.165, 1.54) is 10.9 Å². The summed E-state index contributed by atoms with van der Waals surface area (Å²) >= 11 is 0. The first-order valence-corrected chi connectivity index (χ1v) is 9.67. The fraction of sp³-hybridized carbons (Fsp3) is 0.217. The van der Waals surface area contributed by atoms with Crippen molar-refractivity contribution in [3.63, 3.8) is 0 Å². The molecular formula is C23H23N3O4. The molecule has 1 amide bonds. The SMILES string of the molecule is COc1ccc(-c2cc(CC(=O)NCCc3c[nH]c4ccccc34)no2)cc1OC. The minimum Gasteiger partial charge on any atom is -0.493 e. The number of hydrogen-bond donors (Lipinski definition) is 2. The predicted octanol–water partition coefficient (Wildman–Crippen LogP) is 3.74. The number of ether oxygens (including phenoxy) is 2. The number of carbonyl (C=O) groups is 1. The summed E-state index contributed by atoms with van der Waals surface area (Å²) in [6.45, 7) is 0.557. The average Bonchev–Trinajstić information content (AvgIpc) is 3.40. The van der Waals surface area contributed by atoms with Gasteiger partial charge >= 0.3 is 0 Å². The zero-order valence-electron chi connectivity index (χ0n) is 16.9. The van der Waals surface area contributed by atoms with Crippen LogP contribution in [0.5, 0.6) is 11.5 Å². The van der Waals surface area contributed by atoms with E-state index in [9.17, 15) is 4.79 Å². The van der Waals surface area contributed by atoms with E-state index in [-0.39, 0.29) is 12.3 Å². The van der Waals surface area contributed by atoms with Gasteiger partial charge in [-0.1, -0.05) is 23.4 Å². The summed E-state index contributed by atoms with van der Waals surface area (Å²) in [5, 5.41) is 8.15. The van der Waals surface area contributed by atoms with Gasteiger partial charge in [0.15, 0.2) is 17.3 Å². The lowest BCUT2D eigenvalue weighted by Crippen LogP contribution is -2.27. The molecule has 0 aliphatic heterocycles. The molecule has 0 unspecified atom stereocenters. The van der Waals surface area contributed by atoms with Crippen LogP contribution in [-0.2, 0) is 17.6 Å². The maximum absolute atomic E-state index is 12.3. The highest BCUT2D eigenvalue weighted by Gasteiger charge is 2.13. The summed E-state index contributed by atoms with van der Waals surface area (Å²) in [5.41, 5.74) is 3.66. The van der Waals surface area contributed by atoms with Gasteiger partial charge in [0.25, 0.3) is 0 Å². The molecule has 2 heterocycles. The van der Waals surface area contributed by atoms with E-state index in [1.54, 1.807) is 26.4 Å². The molecule has 0 fully saturated rings. The summed E-state index contributed by atoms with van der Waals surface area (Å²) < 4.78 is 16.0. The fourth-order valence-corrected chi connectivity index (χ4v) is 3.42. The zero-order chi connectivity index (χ0) is 20.9. The van der Waals surface area contributed by atoms with Gasteiger partial charge in [-0.25, -0.2) is 0 Å². The van der Waals surface area contributed by atoms with Gasteiger partial charge in [-0.3, -0.25) is 4.79 Å². The monoisotopic (exact) mass is 405 g/mol. The Balaban J connectivity index is 1.34. The first-order valence-electron chi connectivity index (χ1n) is 9.67. The molecule has 0 bridgehead atoms. The van der Waals surface area contributed by atoms with Crippen LogP contribution in [0.25, 0.3) is 22.2 Å². The maximum Gasteiger partial charge on any atom is 0.226 e. The van der Waals surface area contributed by atoms with Crippen molar-refractivity contribution in [2.45, 2.75) is 12.8 Å². The second-order valence-electron chi connectivity index (χ2n) is 6.89. The number of rotatable bonds is 8. The van der Waals surface area contributed by atoms with Gasteiger partial charge < -0.3 is 24.3 Å². The maximum atomic E-state index is 12.3. The molecule has 30 heavy (non-hydrogen) atoms. The molecule has 4 aromatic rings. The van der Waals surface area contributed by atoms with Gasteiger partial charge in [-0.15, -0.1) is 0 Å². The Kier molecular flexibility index (Phi) is 5.70. The van der Waals surface area contributed by atoms with Gasteiger partial charge in [-0.05, 0) is 36.2 Å². The average molecular weight is 405 g/mol. The topological polar surface area (TPSA) is 89.4 Å². The number of amides is 1. The third-order valence-corrected chi connectivity index (χ3v) is 4.96. The Bertz CT molecular complexity index is 1160. The lowest BCUT2D eigenvalue weighted by Gasteiger charge is -2.07. The second kappa shape index (κ2) is 8.73. The third kappa shape index (κ3) is 4.15. The molecule has 0 spiro atoms. The van der Waals surface area contributed by atoms with Crippen LogP contribution in [0.1, 0.15) is 11.3 Å². The molecule has 0 atom stereocenters. The van der Waals surface area contributed by atoms with E-state index >= 15 is 0 Å². The summed E-state index contributed by atoms with van der Waals surface area (Å²) in [7, 11) is 3.16. The van der Waals surface area contributed by atoms with Crippen LogP contribution >= 0.6 is 0 Å². The van der Waals surface area contributed by atoms with E-state index in [2.05, 4.69) is 21.5 Å². The van der Waals surface area contributed by atoms with Crippen LogP contribution in [0.3, 0.4) is 0 Å². The molecule has 0 aliphatic carbocycles. The highest BCUT2D eigenvalue weighted by atomic mass is 16.5. The Hall–Kier alpha value is -3.74. The molecule has 4 rings (SSSR count). The van der Waals surface area contributed by atoms with Crippen molar-refractivity contribution in [1.82, 2.24) is 15.5 Å². The number of hydrogen-bond acceptors (Lipinski definition) is 5. The molecule has 0 radical (unpaired) electrons. The van der Waals surface area contributed by atoms with Gasteiger partial charge in [0, 0.05) is 35.3 Å². The van der Waals surface area contributed by atoms with E-state index < -0.39 is 0 Å². The first-order chi connectivity index (χ1) is 14.7. The largest absolute Gasteiger partial charge is 0.493 e. The van der Waals surface area contributed by atoms with E-state index in [0.29, 0.717) is 29.5 Å². The van der Waals surface area contributed by atoms with Crippen LogP contribution in [0.15, 0.2) is 59.3 Å². The number of aromatic nitrogens is 2. The van der Waals surface area contributed by atoms with Crippen LogP contribution in [-0.4, -0.2) is 36.8 Å². The molecule has 2 aromatic heterocycles. The number of fused-ring (bicyclic) bond motifs is 1. The minimum atomic E-state index is -0.0954. The van der Waals surface area contributed by atoms with Crippen molar-refractivity contribution in [1.29, 1.82) is 0 Å². The number of nitrogens with one attached hydrogen (secondary N) is 2. The Labute approximate surface area is 174 Å². The van der Waals surface area contributed by atoms with E-state index in [4.69, 9.17) is 14.0 Å². The van der Waals surface area contributed by atoms with Crippen molar-refractivity contribution in [3.05, 3.63) is 66.0 Å². The quantitative estimate of drug-likeness (QED) is 0.466. The lowest BCUT2D eigenvalue weighted by atomic mass is 10.1. The Morgan fingerprint density at radius 3 is 2.77 bits per heavy atom. The molecule has 7 nitrogen and oxygen atoms in total. The second-order valence-corrected chi connectivity index (χ2v) is 6.89. The highest BCUT2D eigenvalue weighted by Crippen LogP contribution is 2.32. The van der Waals surface area contributed by atoms with Crippen molar-refractivity contribution in [3.8, 4) is 22.8 Å². The smallest absolute Gasteiger partial charge is 0.226 e. The van der Waals surface area contributed by atoms with Crippen LogP contribution < -0.4 is 14.8 Å². The van der Waals surface area contributed by atoms with Crippen molar-refractivity contribution in [2.24, 2.45) is 0 Å². The summed E-state index contributed by atoms with van der Waals surface area (Å²) in [6, 6.07) is 15.4. The number of methoxy groups -OCH3 is 2. The van der Waals surface area contributed by atoms with Gasteiger partial charge in [-0.2, -0.15) is 0 Å². The summed E-state index contributed by atoms with van der Waals surface area (Å²) in [6.07, 6.45) is 2.90. The Morgan fingerprint density at radius 1 is 1.10 bits per heavy atom. The van der Waals surface area contributed by atoms with Crippen molar-refractivity contribution >= 4 is 16.8 Å². The van der Waals surface area contributed by atoms with Crippen molar-refractivity contribution in [2.75, 3.05) is 20.8 Å². The summed E-state index contributed by atoms with van der Waals surface area (Å²) in [4.78, 5) is 15.5. The van der Waals surface area contributed by atoms with Crippen LogP contribution in [0, 0.1) is 0 Å². The summed E-state index contributed by atoms with van der Waals surface area (Å²) in [5.74, 6) is 1.71. The van der Waals surface area contributed by atoms with Gasteiger partial charge in [0.2, 0.25) is 5.91 Å². The Morgan fingerprint density at radius 2 is 1.93 bits per heavy atom. The van der Waals surface area contributed by atoms with Crippen LogP contribution in [0.2, 0.25) is 0 Å². The third-order valence-electron chi connectivity index (χ3n) is 4.96. The molecule has 0 aliphatic rings. The molecule has 154 valence electrons. The van der Waals surface area contributed by atoms with Gasteiger partial charge in [0.1, 0.15) is 0 Å². The fourth-order valence-electron chi connectivity index (χ4n) is 3.42. The first kappa shape index (κ1) is 19.6. The van der Waals surface area contributed by atoms with E-state index in [0.717, 1.165) is 17.5 Å². The molecular weight excluding hydrogens is 382 g/mol. The number of para-hydroxylation sites is 1. The standard InChI is InChI=1S/C23H23N3O4/c1-28-20-8-7-15(11-22(20)29-2)21-12-17(26-30-21)13-23(27)24-10-9-16-14-25-19-6-4-3-5-18(16)19/h3-8,11-12,14,25H,9-10,13H2,1-2H3,(H,24,27). The zero-order valence-corrected chi connectivity index (χ0v) is 16.9. The molecule has 7 heteroatoms. The molecule has 0 saturated heterocycles. The van der Waals surface area contributed by atoms with Crippen LogP contribution in [0.4, 0.5) is 0 Å². The number of H-pyrrole nitrogens is 1. The normalized spacial score (nSPS) is 10.9. The minimum absolute atomic E-state index is 0.0954. The number of carbonyl (C=O) groups excluding carboxylic acids is 1. The highest BCUT2D eigenvalue weighted by molar-refractivity contribution is 5.83. The number of benzene rings is 2. The molecule has 2 N–H and O–H groups in total. The predicted molar refractivity (Wildman–Crippen MR) is 114 cm³/mol. The molecule has 2 aromatic carbocycles. The van der Waals surface area contributed by atoms with Gasteiger partial charge in [0.05, 0.1) is 26.3 Å². The number of nitrogens with zero attached hydrogens (tertiary/aromatic N) is 1. The number of aromatic amines is 1. The lowest BCUT2D eigenvalue weighted by molar-refractivity contribution is -0.120. The van der Waals surface area contributed by atoms with Crippen molar-refractivity contribution < 1.29 is 18.8 Å².